The average Bonchev–Trinajstić information content (AvgIpc) is 2.41. The lowest BCUT2D eigenvalue weighted by Gasteiger charge is -2.16. The van der Waals surface area contributed by atoms with Crippen molar-refractivity contribution in [1.29, 1.82) is 0 Å². The van der Waals surface area contributed by atoms with Crippen LogP contribution in [0.5, 0.6) is 0 Å². The summed E-state index contributed by atoms with van der Waals surface area (Å²) < 4.78 is 12.6. The molecule has 14 heavy (non-hydrogen) atoms. The van der Waals surface area contributed by atoms with Crippen LogP contribution in [0.1, 0.15) is 33.6 Å². The van der Waals surface area contributed by atoms with E-state index in [1.54, 1.807) is 0 Å². The summed E-state index contributed by atoms with van der Waals surface area (Å²) in [6.07, 6.45) is 6.89. The van der Waals surface area contributed by atoms with E-state index in [0.29, 0.717) is 0 Å². The molecule has 3 heteroatoms. The second kappa shape index (κ2) is 5.47. The molecular formula is C11H19IO2. The van der Waals surface area contributed by atoms with Gasteiger partial charge in [-0.2, -0.15) is 0 Å². The molecule has 1 fully saturated rings. The van der Waals surface area contributed by atoms with Crippen molar-refractivity contribution in [2.75, 3.05) is 4.43 Å². The Morgan fingerprint density at radius 1 is 1.21 bits per heavy atom. The predicted molar refractivity (Wildman–Crippen MR) is 66.8 cm³/mol. The first-order chi connectivity index (χ1) is 6.59. The molecule has 2 nitrogen and oxygen atoms in total. The highest BCUT2D eigenvalue weighted by molar-refractivity contribution is 14.1. The monoisotopic (exact) mass is 310 g/mol. The van der Waals surface area contributed by atoms with Gasteiger partial charge in [0.05, 0.1) is 12.2 Å². The summed E-state index contributed by atoms with van der Waals surface area (Å²) in [6, 6.07) is 0. The van der Waals surface area contributed by atoms with Crippen LogP contribution in [0.2, 0.25) is 0 Å². The third-order valence-corrected chi connectivity index (χ3v) is 3.08. The van der Waals surface area contributed by atoms with Crippen molar-refractivity contribution >= 4 is 22.6 Å². The minimum absolute atomic E-state index is 0.227. The van der Waals surface area contributed by atoms with Crippen molar-refractivity contribution in [3.63, 3.8) is 0 Å². The maximum Gasteiger partial charge on any atom is 0.163 e. The molecule has 1 aliphatic heterocycles. The molecule has 0 spiro atoms. The Bertz CT molecular complexity index is 201. The van der Waals surface area contributed by atoms with Gasteiger partial charge in [0.15, 0.2) is 5.79 Å². The van der Waals surface area contributed by atoms with E-state index in [1.807, 2.05) is 13.8 Å². The van der Waals surface area contributed by atoms with E-state index in [-0.39, 0.29) is 12.2 Å². The Labute approximate surface area is 100 Å². The largest absolute Gasteiger partial charge is 0.344 e. The molecule has 0 aliphatic carbocycles. The highest BCUT2D eigenvalue weighted by Gasteiger charge is 2.39. The van der Waals surface area contributed by atoms with Crippen LogP contribution < -0.4 is 0 Å². The average molecular weight is 310 g/mol. The molecule has 2 atom stereocenters. The molecule has 1 saturated heterocycles. The van der Waals surface area contributed by atoms with Crippen LogP contribution in [0.25, 0.3) is 0 Å². The number of hydrogen-bond donors (Lipinski definition) is 0. The first-order valence-electron chi connectivity index (χ1n) is 5.15. The Balaban J connectivity index is 2.47. The standard InChI is InChI=1S/C11H19IO2/c1-4-5-6-7-9-10(8-12)14-11(2,3)13-9/h5-6,9-10H,4,7-8H2,1-3H3/b6-5-/t9-,10+/m0/s1. The second-order valence-corrected chi connectivity index (χ2v) is 4.86. The second-order valence-electron chi connectivity index (χ2n) is 3.98. The first kappa shape index (κ1) is 12.5. The van der Waals surface area contributed by atoms with Crippen LogP contribution in [0.3, 0.4) is 0 Å². The summed E-state index contributed by atoms with van der Waals surface area (Å²) in [7, 11) is 0. The van der Waals surface area contributed by atoms with E-state index in [1.165, 1.54) is 0 Å². The normalized spacial score (nSPS) is 31.4. The van der Waals surface area contributed by atoms with Gasteiger partial charge >= 0.3 is 0 Å². The zero-order valence-corrected chi connectivity index (χ0v) is 11.3. The van der Waals surface area contributed by atoms with E-state index in [9.17, 15) is 0 Å². The predicted octanol–water partition coefficient (Wildman–Crippen LogP) is 3.30. The summed E-state index contributed by atoms with van der Waals surface area (Å²) in [5, 5.41) is 0. The Kier molecular flexibility index (Phi) is 4.87. The van der Waals surface area contributed by atoms with Crippen LogP contribution in [-0.2, 0) is 9.47 Å². The highest BCUT2D eigenvalue weighted by Crippen LogP contribution is 2.31. The lowest BCUT2D eigenvalue weighted by Crippen LogP contribution is -2.23. The van der Waals surface area contributed by atoms with Gasteiger partial charge in [-0.1, -0.05) is 41.7 Å². The smallest absolute Gasteiger partial charge is 0.163 e. The molecule has 0 aromatic heterocycles. The topological polar surface area (TPSA) is 18.5 Å². The third-order valence-electron chi connectivity index (χ3n) is 2.21. The zero-order chi connectivity index (χ0) is 10.6. The molecule has 1 heterocycles. The number of alkyl halides is 1. The summed E-state index contributed by atoms with van der Waals surface area (Å²) in [4.78, 5) is 0. The van der Waals surface area contributed by atoms with Gasteiger partial charge in [-0.25, -0.2) is 0 Å². The fraction of sp³-hybridized carbons (Fsp3) is 0.818. The molecule has 1 rings (SSSR count). The number of ether oxygens (including phenoxy) is 2. The van der Waals surface area contributed by atoms with Gasteiger partial charge in [-0.05, 0) is 26.7 Å². The number of hydrogen-bond acceptors (Lipinski definition) is 2. The Hall–Kier alpha value is 0.390. The van der Waals surface area contributed by atoms with Gasteiger partial charge in [0.25, 0.3) is 0 Å². The van der Waals surface area contributed by atoms with Gasteiger partial charge in [0, 0.05) is 4.43 Å². The molecule has 82 valence electrons. The Morgan fingerprint density at radius 2 is 1.86 bits per heavy atom. The molecule has 0 bridgehead atoms. The fourth-order valence-electron chi connectivity index (χ4n) is 1.64. The van der Waals surface area contributed by atoms with Crippen molar-refractivity contribution in [2.24, 2.45) is 0 Å². The number of allylic oxidation sites excluding steroid dienone is 1. The lowest BCUT2D eigenvalue weighted by atomic mass is 10.1. The van der Waals surface area contributed by atoms with Crippen molar-refractivity contribution in [3.05, 3.63) is 12.2 Å². The lowest BCUT2D eigenvalue weighted by molar-refractivity contribution is -0.144. The van der Waals surface area contributed by atoms with Crippen LogP contribution in [0.4, 0.5) is 0 Å². The third kappa shape index (κ3) is 3.51. The van der Waals surface area contributed by atoms with E-state index >= 15 is 0 Å². The number of halogens is 1. The summed E-state index contributed by atoms with van der Waals surface area (Å²) in [5.41, 5.74) is 0. The van der Waals surface area contributed by atoms with E-state index < -0.39 is 5.79 Å². The minimum Gasteiger partial charge on any atom is -0.344 e. The van der Waals surface area contributed by atoms with Gasteiger partial charge in [-0.3, -0.25) is 0 Å². The van der Waals surface area contributed by atoms with E-state index in [4.69, 9.17) is 9.47 Å². The molecule has 0 unspecified atom stereocenters. The van der Waals surface area contributed by atoms with Crippen LogP contribution >= 0.6 is 22.6 Å². The van der Waals surface area contributed by atoms with Crippen LogP contribution in [0, 0.1) is 0 Å². The molecular weight excluding hydrogens is 291 g/mol. The Morgan fingerprint density at radius 3 is 2.43 bits per heavy atom. The van der Waals surface area contributed by atoms with E-state index in [2.05, 4.69) is 41.7 Å². The molecule has 0 N–H and O–H groups in total. The molecule has 1 aliphatic rings. The molecule has 0 saturated carbocycles. The van der Waals surface area contributed by atoms with Crippen LogP contribution in [-0.4, -0.2) is 22.4 Å². The van der Waals surface area contributed by atoms with Gasteiger partial charge in [0.2, 0.25) is 0 Å². The van der Waals surface area contributed by atoms with Crippen molar-refractivity contribution in [3.8, 4) is 0 Å². The van der Waals surface area contributed by atoms with E-state index in [0.717, 1.165) is 17.3 Å². The zero-order valence-electron chi connectivity index (χ0n) is 9.13. The molecule has 0 amide bonds. The summed E-state index contributed by atoms with van der Waals surface area (Å²) >= 11 is 2.35. The van der Waals surface area contributed by atoms with Crippen molar-refractivity contribution < 1.29 is 9.47 Å². The summed E-state index contributed by atoms with van der Waals surface area (Å²) in [5.74, 6) is -0.402. The molecule has 0 aromatic carbocycles. The summed E-state index contributed by atoms with van der Waals surface area (Å²) in [6.45, 7) is 6.11. The molecule has 0 radical (unpaired) electrons. The number of rotatable bonds is 4. The van der Waals surface area contributed by atoms with Gasteiger partial charge in [0.1, 0.15) is 0 Å². The first-order valence-corrected chi connectivity index (χ1v) is 6.68. The van der Waals surface area contributed by atoms with Crippen molar-refractivity contribution in [1.82, 2.24) is 0 Å². The SMILES string of the molecule is CC/C=C\C[C@@H]1OC(C)(C)O[C@@H]1CI. The fourth-order valence-corrected chi connectivity index (χ4v) is 2.38. The minimum atomic E-state index is -0.402. The van der Waals surface area contributed by atoms with Gasteiger partial charge in [-0.15, -0.1) is 0 Å². The maximum absolute atomic E-state index is 5.82. The quantitative estimate of drug-likeness (QED) is 0.451. The maximum atomic E-state index is 5.82. The van der Waals surface area contributed by atoms with Gasteiger partial charge < -0.3 is 9.47 Å². The van der Waals surface area contributed by atoms with Crippen LogP contribution in [0.15, 0.2) is 12.2 Å². The molecule has 0 aromatic rings. The highest BCUT2D eigenvalue weighted by atomic mass is 127. The van der Waals surface area contributed by atoms with Crippen molar-refractivity contribution in [2.45, 2.75) is 51.6 Å².